The van der Waals surface area contributed by atoms with E-state index in [0.29, 0.717) is 6.54 Å². The van der Waals surface area contributed by atoms with Gasteiger partial charge in [-0.25, -0.2) is 38.8 Å². The number of isocyanates is 2. The quantitative estimate of drug-likeness (QED) is 0.0901. The number of nitrogens with two attached hydrogens (primary N) is 1. The van der Waals surface area contributed by atoms with Gasteiger partial charge in [-0.3, -0.25) is 0 Å². The Hall–Kier alpha value is -4.50. The normalized spacial score (nSPS) is 16.9. The first-order chi connectivity index (χ1) is 20.2. The van der Waals surface area contributed by atoms with Crippen LogP contribution in [0.5, 0.6) is 0 Å². The number of aliphatic carboxylic acids is 3. The van der Waals surface area contributed by atoms with Gasteiger partial charge in [-0.05, 0) is 30.1 Å². The maximum absolute atomic E-state index is 10.3. The minimum Gasteiger partial charge on any atom is -0.478 e. The molecule has 0 heterocycles. The van der Waals surface area contributed by atoms with E-state index in [-0.39, 0.29) is 16.9 Å². The van der Waals surface area contributed by atoms with Crippen molar-refractivity contribution in [3.8, 4) is 0 Å². The van der Waals surface area contributed by atoms with Gasteiger partial charge in [-0.15, -0.1) is 0 Å². The molecule has 1 fully saturated rings. The van der Waals surface area contributed by atoms with Crippen LogP contribution in [0.2, 0.25) is 0 Å². The highest BCUT2D eigenvalue weighted by Gasteiger charge is 2.41. The van der Waals surface area contributed by atoms with Crippen molar-refractivity contribution in [3.63, 3.8) is 0 Å². The summed E-state index contributed by atoms with van der Waals surface area (Å²) in [5, 5.41) is 64.0. The fourth-order valence-corrected chi connectivity index (χ4v) is 3.39. The molecule has 17 nitrogen and oxygen atoms in total. The Morgan fingerprint density at radius 3 is 1.32 bits per heavy atom. The summed E-state index contributed by atoms with van der Waals surface area (Å²) in [6.45, 7) is 14.1. The zero-order chi connectivity index (χ0) is 36.0. The van der Waals surface area contributed by atoms with Crippen LogP contribution in [0.3, 0.4) is 0 Å². The lowest BCUT2D eigenvalue weighted by Crippen LogP contribution is -2.39. The topological polar surface area (TPSA) is 315 Å². The van der Waals surface area contributed by atoms with Gasteiger partial charge in [0.25, 0.3) is 0 Å². The predicted molar refractivity (Wildman–Crippen MR) is 157 cm³/mol. The second-order valence-electron chi connectivity index (χ2n) is 9.94. The van der Waals surface area contributed by atoms with Crippen molar-refractivity contribution >= 4 is 36.2 Å². The SMILES string of the molecule is C=CC(=O)O.C=CC(=O)O.C=CC(=O)O.CC1(C)CC(N=C=O)CC(C)(CN=C=O)C1.NC(=O)O.OCC(CO)(CO)CO. The molecule has 0 bridgehead atoms. The summed E-state index contributed by atoms with van der Waals surface area (Å²) in [7, 11) is 0. The molecule has 252 valence electrons. The number of carbonyl (C=O) groups excluding carboxylic acids is 2. The summed E-state index contributed by atoms with van der Waals surface area (Å²) < 4.78 is 0. The smallest absolute Gasteiger partial charge is 0.402 e. The van der Waals surface area contributed by atoms with Gasteiger partial charge < -0.3 is 46.6 Å². The van der Waals surface area contributed by atoms with Gasteiger partial charge in [0.1, 0.15) is 0 Å². The van der Waals surface area contributed by atoms with Crippen molar-refractivity contribution in [2.24, 2.45) is 32.0 Å². The molecule has 0 aromatic carbocycles. The highest BCUT2D eigenvalue weighted by atomic mass is 16.4. The number of carboxylic acid groups (broad SMARTS) is 4. The average Bonchev–Trinajstić information content (AvgIpc) is 2.93. The van der Waals surface area contributed by atoms with Gasteiger partial charge in [0.15, 0.2) is 0 Å². The van der Waals surface area contributed by atoms with Crippen LogP contribution < -0.4 is 5.73 Å². The molecule has 0 spiro atoms. The summed E-state index contributed by atoms with van der Waals surface area (Å²) in [5.41, 5.74) is 2.97. The number of hydrogen-bond donors (Lipinski definition) is 9. The Bertz CT molecular complexity index is 918. The molecule has 0 radical (unpaired) electrons. The molecule has 2 atom stereocenters. The van der Waals surface area contributed by atoms with Crippen LogP contribution in [0, 0.1) is 16.2 Å². The van der Waals surface area contributed by atoms with Crippen molar-refractivity contribution in [2.75, 3.05) is 33.0 Å². The monoisotopic (exact) mass is 635 g/mol. The standard InChI is InChI=1S/C12H18N2O2.C5H12O4.3C3H4O2.CH3NO2/c1-11(2)4-10(14-9-16)5-12(3,6-11)7-13-8-15;6-1-5(2-7,3-8)4-9;3*1-2-3(4)5;2-1(3)4/h10H,4-7H2,1-3H3;6-9H,1-4H2;3*2H,1H2,(H,4,5);2H2,(H,3,4). The zero-order valence-electron chi connectivity index (χ0n) is 25.1. The van der Waals surface area contributed by atoms with Crippen LogP contribution in [-0.4, -0.2) is 116 Å². The molecular weight excluding hydrogens is 590 g/mol. The number of carbonyl (C=O) groups is 4. The summed E-state index contributed by atoms with van der Waals surface area (Å²) in [6.07, 6.45) is 7.05. The van der Waals surface area contributed by atoms with Crippen LogP contribution in [-0.2, 0) is 24.0 Å². The highest BCUT2D eigenvalue weighted by Crippen LogP contribution is 2.47. The fraction of sp³-hybridized carbons (Fsp3) is 0.556. The van der Waals surface area contributed by atoms with E-state index in [1.54, 1.807) is 12.2 Å². The van der Waals surface area contributed by atoms with E-state index < -0.39 is 55.8 Å². The Labute approximate surface area is 255 Å². The summed E-state index contributed by atoms with van der Waals surface area (Å²) >= 11 is 0. The summed E-state index contributed by atoms with van der Waals surface area (Å²) in [6, 6.07) is 0.00750. The molecule has 1 aliphatic rings. The van der Waals surface area contributed by atoms with Crippen molar-refractivity contribution in [1.29, 1.82) is 0 Å². The first-order valence-corrected chi connectivity index (χ1v) is 12.3. The predicted octanol–water partition coefficient (Wildman–Crippen LogP) is 0.579. The van der Waals surface area contributed by atoms with Crippen LogP contribution in [0.15, 0.2) is 47.9 Å². The lowest BCUT2D eigenvalue weighted by Gasteiger charge is -2.44. The highest BCUT2D eigenvalue weighted by molar-refractivity contribution is 5.79. The Kier molecular flexibility index (Phi) is 32.0. The van der Waals surface area contributed by atoms with E-state index in [4.69, 9.17) is 45.6 Å². The molecule has 10 N–H and O–H groups in total. The summed E-state index contributed by atoms with van der Waals surface area (Å²) in [4.78, 5) is 64.6. The first kappa shape index (κ1) is 49.2. The summed E-state index contributed by atoms with van der Waals surface area (Å²) in [5.74, 6) is -2.94. The van der Waals surface area contributed by atoms with Gasteiger partial charge >= 0.3 is 24.0 Å². The van der Waals surface area contributed by atoms with Gasteiger partial charge in [-0.2, -0.15) is 0 Å². The van der Waals surface area contributed by atoms with Crippen molar-refractivity contribution < 1.29 is 69.6 Å². The number of rotatable bonds is 10. The molecule has 1 saturated carbocycles. The molecule has 2 unspecified atom stereocenters. The lowest BCUT2D eigenvalue weighted by atomic mass is 9.63. The number of aliphatic hydroxyl groups is 4. The third-order valence-corrected chi connectivity index (χ3v) is 5.05. The van der Waals surface area contributed by atoms with E-state index in [0.717, 1.165) is 37.5 Å². The molecule has 1 aliphatic carbocycles. The average molecular weight is 636 g/mol. The second-order valence-corrected chi connectivity index (χ2v) is 9.94. The van der Waals surface area contributed by atoms with Crippen molar-refractivity contribution in [1.82, 2.24) is 0 Å². The third-order valence-electron chi connectivity index (χ3n) is 5.05. The molecule has 1 rings (SSSR count). The van der Waals surface area contributed by atoms with E-state index in [1.165, 1.54) is 0 Å². The van der Waals surface area contributed by atoms with E-state index in [1.807, 2.05) is 0 Å². The number of amides is 1. The zero-order valence-corrected chi connectivity index (χ0v) is 25.1. The molecule has 17 heteroatoms. The minimum absolute atomic E-state index is 0.00750. The van der Waals surface area contributed by atoms with Crippen LogP contribution in [0.25, 0.3) is 0 Å². The number of carboxylic acids is 3. The number of primary amides is 1. The van der Waals surface area contributed by atoms with Crippen LogP contribution >= 0.6 is 0 Å². The van der Waals surface area contributed by atoms with Crippen LogP contribution in [0.4, 0.5) is 4.79 Å². The minimum atomic E-state index is -1.33. The van der Waals surface area contributed by atoms with E-state index in [9.17, 15) is 24.0 Å². The number of aliphatic imine (C=N–C) groups is 2. The van der Waals surface area contributed by atoms with E-state index in [2.05, 4.69) is 56.2 Å². The molecule has 1 amide bonds. The molecule has 0 aromatic heterocycles. The molecule has 44 heavy (non-hydrogen) atoms. The van der Waals surface area contributed by atoms with Crippen molar-refractivity contribution in [3.05, 3.63) is 38.0 Å². The maximum Gasteiger partial charge on any atom is 0.402 e. The Balaban J connectivity index is -0.000000154. The van der Waals surface area contributed by atoms with Crippen LogP contribution in [0.1, 0.15) is 40.0 Å². The van der Waals surface area contributed by atoms with Gasteiger partial charge in [0.05, 0.1) is 44.4 Å². The number of hydrogen-bond acceptors (Lipinski definition) is 12. The molecule has 0 aliphatic heterocycles. The maximum atomic E-state index is 10.3. The van der Waals surface area contributed by atoms with Gasteiger partial charge in [-0.1, -0.05) is 40.5 Å². The fourth-order valence-electron chi connectivity index (χ4n) is 3.39. The first-order valence-electron chi connectivity index (χ1n) is 12.3. The third kappa shape index (κ3) is 35.5. The molecule has 0 aromatic rings. The number of nitrogens with zero attached hydrogens (tertiary/aromatic N) is 2. The second kappa shape index (κ2) is 28.6. The Morgan fingerprint density at radius 2 is 1.11 bits per heavy atom. The van der Waals surface area contributed by atoms with Gasteiger partial charge in [0, 0.05) is 18.2 Å². The van der Waals surface area contributed by atoms with E-state index >= 15 is 0 Å². The number of aliphatic hydroxyl groups excluding tert-OH is 4. The Morgan fingerprint density at radius 1 is 0.795 bits per heavy atom. The van der Waals surface area contributed by atoms with Crippen molar-refractivity contribution in [2.45, 2.75) is 46.1 Å². The lowest BCUT2D eigenvalue weighted by molar-refractivity contribution is -0.132. The largest absolute Gasteiger partial charge is 0.478 e. The molecular formula is C27H45N3O14. The van der Waals surface area contributed by atoms with Gasteiger partial charge in [0.2, 0.25) is 12.2 Å². The molecule has 0 saturated heterocycles.